The van der Waals surface area contributed by atoms with E-state index >= 15 is 0 Å². The van der Waals surface area contributed by atoms with E-state index in [1.807, 2.05) is 0 Å². The minimum absolute atomic E-state index is 0.478. The van der Waals surface area contributed by atoms with Gasteiger partial charge in [0.1, 0.15) is 0 Å². The zero-order valence-electron chi connectivity index (χ0n) is 13.8. The Morgan fingerprint density at radius 3 is 2.26 bits per heavy atom. The summed E-state index contributed by atoms with van der Waals surface area (Å²) in [6, 6.07) is 0. The monoisotopic (exact) mass is 282 g/mol. The van der Waals surface area contributed by atoms with Crippen LogP contribution in [0.2, 0.25) is 13.1 Å². The van der Waals surface area contributed by atoms with Gasteiger partial charge in [0.25, 0.3) is 0 Å². The van der Waals surface area contributed by atoms with Gasteiger partial charge in [-0.25, -0.2) is 0 Å². The first kappa shape index (κ1) is 16.8. The van der Waals surface area contributed by atoms with E-state index in [4.69, 9.17) is 4.43 Å². The molecule has 0 spiro atoms. The normalized spacial score (nSPS) is 26.4. The van der Waals surface area contributed by atoms with Gasteiger partial charge in [0.15, 0.2) is 0 Å². The molecular weight excluding hydrogens is 248 g/mol. The van der Waals surface area contributed by atoms with Crippen molar-refractivity contribution in [3.05, 3.63) is 11.8 Å². The van der Waals surface area contributed by atoms with Crippen molar-refractivity contribution in [3.63, 3.8) is 0 Å². The van der Waals surface area contributed by atoms with Crippen molar-refractivity contribution in [3.8, 4) is 0 Å². The molecule has 1 nitrogen and oxygen atoms in total. The van der Waals surface area contributed by atoms with E-state index in [9.17, 15) is 0 Å². The van der Waals surface area contributed by atoms with Gasteiger partial charge in [-0.3, -0.25) is 0 Å². The van der Waals surface area contributed by atoms with Crippen LogP contribution in [0.3, 0.4) is 0 Å². The molecule has 0 radical (unpaired) electrons. The molecule has 19 heavy (non-hydrogen) atoms. The lowest BCUT2D eigenvalue weighted by Crippen LogP contribution is -2.20. The fourth-order valence-corrected chi connectivity index (χ4v) is 3.83. The number of allylic oxidation sites excluding steroid dienone is 2. The summed E-state index contributed by atoms with van der Waals surface area (Å²) < 4.78 is 6.06. The Hall–Kier alpha value is -0.243. The summed E-state index contributed by atoms with van der Waals surface area (Å²) in [7, 11) is -0.924. The summed E-state index contributed by atoms with van der Waals surface area (Å²) in [5.74, 6) is 2.20. The molecule has 0 aromatic heterocycles. The molecule has 1 aliphatic carbocycles. The van der Waals surface area contributed by atoms with Crippen LogP contribution in [-0.2, 0) is 4.43 Å². The van der Waals surface area contributed by atoms with E-state index in [0.29, 0.717) is 5.41 Å². The second-order valence-electron chi connectivity index (χ2n) is 7.43. The quantitative estimate of drug-likeness (QED) is 0.593. The topological polar surface area (TPSA) is 9.23 Å². The average Bonchev–Trinajstić information content (AvgIpc) is 2.32. The first-order valence-corrected chi connectivity index (χ1v) is 11.0. The maximum atomic E-state index is 6.06. The Morgan fingerprint density at radius 2 is 1.68 bits per heavy atom. The summed E-state index contributed by atoms with van der Waals surface area (Å²) in [6.45, 7) is 11.8. The lowest BCUT2D eigenvalue weighted by molar-refractivity contribution is 0.202. The molecule has 1 aliphatic rings. The van der Waals surface area contributed by atoms with Crippen LogP contribution in [0.15, 0.2) is 11.8 Å². The van der Waals surface area contributed by atoms with E-state index in [1.165, 1.54) is 57.1 Å². The highest BCUT2D eigenvalue weighted by molar-refractivity contribution is 6.48. The van der Waals surface area contributed by atoms with Crippen molar-refractivity contribution in [1.82, 2.24) is 0 Å². The molecule has 1 atom stereocenters. The van der Waals surface area contributed by atoms with Gasteiger partial charge in [-0.15, -0.1) is 0 Å². The Bertz CT molecular complexity index is 275. The Kier molecular flexibility index (Phi) is 7.20. The van der Waals surface area contributed by atoms with Gasteiger partial charge in [0.05, 0.1) is 5.76 Å². The minimum Gasteiger partial charge on any atom is -0.550 e. The second kappa shape index (κ2) is 8.14. The van der Waals surface area contributed by atoms with E-state index in [2.05, 4.69) is 39.9 Å². The Balaban J connectivity index is 2.52. The lowest BCUT2D eigenvalue weighted by atomic mass is 9.75. The van der Waals surface area contributed by atoms with E-state index in [1.54, 1.807) is 0 Å². The number of rotatable bonds is 2. The summed E-state index contributed by atoms with van der Waals surface area (Å²) in [5, 5.41) is 0. The molecule has 0 aliphatic heterocycles. The third-order valence-corrected chi connectivity index (χ3v) is 4.99. The highest BCUT2D eigenvalue weighted by Crippen LogP contribution is 2.35. The molecule has 1 unspecified atom stereocenters. The molecule has 0 N–H and O–H groups in total. The van der Waals surface area contributed by atoms with Gasteiger partial charge >= 0.3 is 0 Å². The molecule has 0 aromatic carbocycles. The highest BCUT2D eigenvalue weighted by Gasteiger charge is 2.23. The van der Waals surface area contributed by atoms with E-state index in [-0.39, 0.29) is 0 Å². The first-order chi connectivity index (χ1) is 8.89. The maximum Gasteiger partial charge on any atom is 0.229 e. The molecule has 0 bridgehead atoms. The highest BCUT2D eigenvalue weighted by atomic mass is 28.3. The average molecular weight is 283 g/mol. The van der Waals surface area contributed by atoms with Crippen molar-refractivity contribution in [2.75, 3.05) is 0 Å². The molecule has 2 heteroatoms. The Labute approximate surface area is 122 Å². The zero-order chi connectivity index (χ0) is 14.3. The third-order valence-electron chi connectivity index (χ3n) is 4.22. The molecule has 0 aromatic rings. The van der Waals surface area contributed by atoms with Gasteiger partial charge < -0.3 is 4.43 Å². The van der Waals surface area contributed by atoms with Crippen LogP contribution in [0.5, 0.6) is 0 Å². The van der Waals surface area contributed by atoms with Crippen LogP contribution in [0, 0.1) is 11.3 Å². The first-order valence-electron chi connectivity index (χ1n) is 8.25. The summed E-state index contributed by atoms with van der Waals surface area (Å²) in [5.41, 5.74) is 0.478. The standard InChI is InChI=1S/C17H34OSi/c1-17(2,3)15-11-7-6-8-13-16(18-19(4)5)14-10-9-12-15/h13,15,19H,6-12,14H2,1-5H3/b16-13+. The van der Waals surface area contributed by atoms with Crippen molar-refractivity contribution in [1.29, 1.82) is 0 Å². The van der Waals surface area contributed by atoms with Crippen LogP contribution in [0.4, 0.5) is 0 Å². The fourth-order valence-electron chi connectivity index (χ4n) is 3.01. The maximum absolute atomic E-state index is 6.06. The van der Waals surface area contributed by atoms with E-state index in [0.717, 1.165) is 5.92 Å². The van der Waals surface area contributed by atoms with Gasteiger partial charge in [-0.1, -0.05) is 33.6 Å². The lowest BCUT2D eigenvalue weighted by Gasteiger charge is -2.31. The predicted octanol–water partition coefficient (Wildman–Crippen LogP) is 5.67. The number of hydrogen-bond donors (Lipinski definition) is 0. The smallest absolute Gasteiger partial charge is 0.229 e. The van der Waals surface area contributed by atoms with Crippen molar-refractivity contribution in [2.24, 2.45) is 11.3 Å². The van der Waals surface area contributed by atoms with Crippen LogP contribution >= 0.6 is 0 Å². The van der Waals surface area contributed by atoms with Crippen LogP contribution in [0.25, 0.3) is 0 Å². The summed E-state index contributed by atoms with van der Waals surface area (Å²) in [4.78, 5) is 0. The molecule has 0 amide bonds. The molecular formula is C17H34OSi. The van der Waals surface area contributed by atoms with Crippen molar-refractivity contribution >= 4 is 9.04 Å². The van der Waals surface area contributed by atoms with Crippen LogP contribution < -0.4 is 0 Å². The van der Waals surface area contributed by atoms with Crippen molar-refractivity contribution in [2.45, 2.75) is 85.2 Å². The molecule has 112 valence electrons. The fraction of sp³-hybridized carbons (Fsp3) is 0.882. The SMILES string of the molecule is C[SiH](C)O/C1=C/CCCCC(C(C)(C)C)CCCC1. The predicted molar refractivity (Wildman–Crippen MR) is 87.9 cm³/mol. The molecule has 0 saturated carbocycles. The second-order valence-corrected chi connectivity index (χ2v) is 9.76. The van der Waals surface area contributed by atoms with Gasteiger partial charge in [-0.05, 0) is 62.6 Å². The summed E-state index contributed by atoms with van der Waals surface area (Å²) >= 11 is 0. The van der Waals surface area contributed by atoms with Gasteiger partial charge in [-0.2, -0.15) is 0 Å². The minimum atomic E-state index is -0.924. The molecule has 0 fully saturated rings. The molecule has 0 saturated heterocycles. The molecule has 0 heterocycles. The largest absolute Gasteiger partial charge is 0.550 e. The number of hydrogen-bond acceptors (Lipinski definition) is 1. The van der Waals surface area contributed by atoms with Gasteiger partial charge in [0, 0.05) is 6.42 Å². The van der Waals surface area contributed by atoms with E-state index < -0.39 is 9.04 Å². The molecule has 1 rings (SSSR count). The Morgan fingerprint density at radius 1 is 1.05 bits per heavy atom. The van der Waals surface area contributed by atoms with Crippen molar-refractivity contribution < 1.29 is 4.43 Å². The zero-order valence-corrected chi connectivity index (χ0v) is 15.0. The summed E-state index contributed by atoms with van der Waals surface area (Å²) in [6.07, 6.45) is 13.0. The van der Waals surface area contributed by atoms with Crippen LogP contribution in [0.1, 0.15) is 72.1 Å². The van der Waals surface area contributed by atoms with Crippen LogP contribution in [-0.4, -0.2) is 9.04 Å². The third kappa shape index (κ3) is 7.19. The van der Waals surface area contributed by atoms with Gasteiger partial charge in [0.2, 0.25) is 9.04 Å².